The Balaban J connectivity index is 2.28. The van der Waals surface area contributed by atoms with Crippen LogP contribution in [0.3, 0.4) is 0 Å². The molecule has 21 heavy (non-hydrogen) atoms. The Labute approximate surface area is 143 Å². The first kappa shape index (κ1) is 16.3. The number of carbonyl (C=O) groups excluding carboxylic acids is 1. The number of rotatable bonds is 3. The molecule has 5 nitrogen and oxygen atoms in total. The molecular formula is C12H8BrCl3N4O. The average molecular weight is 410 g/mol. The van der Waals surface area contributed by atoms with Crippen molar-refractivity contribution in [3.05, 3.63) is 49.5 Å². The predicted molar refractivity (Wildman–Crippen MR) is 89.2 cm³/mol. The number of nitrogens with zero attached hydrogens (tertiary/aromatic N) is 1. The van der Waals surface area contributed by atoms with E-state index in [2.05, 4.69) is 31.7 Å². The van der Waals surface area contributed by atoms with Crippen molar-refractivity contribution in [1.82, 2.24) is 4.98 Å². The Hall–Kier alpha value is -1.05. The highest BCUT2D eigenvalue weighted by Crippen LogP contribution is 2.34. The molecule has 1 amide bonds. The highest BCUT2D eigenvalue weighted by atomic mass is 79.9. The maximum atomic E-state index is 12.2. The molecule has 0 aliphatic rings. The monoisotopic (exact) mass is 408 g/mol. The summed E-state index contributed by atoms with van der Waals surface area (Å²) < 4.78 is 0.707. The van der Waals surface area contributed by atoms with Gasteiger partial charge < -0.3 is 10.7 Å². The Kier molecular flexibility index (Phi) is 5.29. The molecule has 0 unspecified atom stereocenters. The Morgan fingerprint density at radius 3 is 2.29 bits per heavy atom. The van der Waals surface area contributed by atoms with Crippen LogP contribution < -0.4 is 16.6 Å². The molecule has 0 atom stereocenters. The second-order valence-corrected chi connectivity index (χ2v) is 6.03. The first-order valence-corrected chi connectivity index (χ1v) is 7.43. The molecule has 2 rings (SSSR count). The molecule has 4 N–H and O–H groups in total. The van der Waals surface area contributed by atoms with E-state index in [1.807, 2.05) is 0 Å². The van der Waals surface area contributed by atoms with E-state index in [0.29, 0.717) is 20.2 Å². The van der Waals surface area contributed by atoms with Crippen LogP contribution in [0.25, 0.3) is 0 Å². The lowest BCUT2D eigenvalue weighted by Crippen LogP contribution is -2.14. The van der Waals surface area contributed by atoms with Gasteiger partial charge in [-0.05, 0) is 18.2 Å². The SMILES string of the molecule is NNc1ncc(C(=O)Nc2c(Cl)cc(Br)cc2Cl)cc1Cl. The summed E-state index contributed by atoms with van der Waals surface area (Å²) in [5.74, 6) is 5.04. The van der Waals surface area contributed by atoms with Crippen LogP contribution >= 0.6 is 50.7 Å². The molecule has 0 radical (unpaired) electrons. The molecule has 110 valence electrons. The molecule has 1 heterocycles. The van der Waals surface area contributed by atoms with Gasteiger partial charge >= 0.3 is 0 Å². The maximum Gasteiger partial charge on any atom is 0.257 e. The van der Waals surface area contributed by atoms with Gasteiger partial charge in [-0.1, -0.05) is 50.7 Å². The zero-order valence-electron chi connectivity index (χ0n) is 10.3. The molecule has 0 spiro atoms. The van der Waals surface area contributed by atoms with Gasteiger partial charge in [0.1, 0.15) is 0 Å². The molecule has 0 saturated heterocycles. The second-order valence-electron chi connectivity index (χ2n) is 3.90. The number of nitrogens with one attached hydrogen (secondary N) is 2. The van der Waals surface area contributed by atoms with Gasteiger partial charge in [-0.2, -0.15) is 0 Å². The van der Waals surface area contributed by atoms with E-state index >= 15 is 0 Å². The van der Waals surface area contributed by atoms with E-state index in [-0.39, 0.29) is 16.4 Å². The van der Waals surface area contributed by atoms with E-state index in [9.17, 15) is 4.79 Å². The fourth-order valence-corrected chi connectivity index (χ4v) is 3.04. The third-order valence-corrected chi connectivity index (χ3v) is 3.83. The summed E-state index contributed by atoms with van der Waals surface area (Å²) in [6.45, 7) is 0. The van der Waals surface area contributed by atoms with Gasteiger partial charge in [-0.25, -0.2) is 10.8 Å². The van der Waals surface area contributed by atoms with Crippen LogP contribution in [0.15, 0.2) is 28.9 Å². The number of amides is 1. The van der Waals surface area contributed by atoms with Crippen molar-refractivity contribution in [3.8, 4) is 0 Å². The molecule has 0 aliphatic heterocycles. The number of hydrogen-bond donors (Lipinski definition) is 3. The number of nitrogen functional groups attached to an aromatic ring is 1. The molecule has 2 aromatic rings. The number of pyridine rings is 1. The fraction of sp³-hybridized carbons (Fsp3) is 0. The van der Waals surface area contributed by atoms with Gasteiger partial charge in [-0.3, -0.25) is 4.79 Å². The number of halogens is 4. The van der Waals surface area contributed by atoms with Crippen molar-refractivity contribution in [2.24, 2.45) is 5.84 Å². The molecule has 1 aromatic carbocycles. The lowest BCUT2D eigenvalue weighted by Gasteiger charge is -2.10. The molecule has 1 aromatic heterocycles. The summed E-state index contributed by atoms with van der Waals surface area (Å²) >= 11 is 21.3. The van der Waals surface area contributed by atoms with Crippen molar-refractivity contribution in [2.45, 2.75) is 0 Å². The minimum atomic E-state index is -0.445. The Morgan fingerprint density at radius 2 is 1.76 bits per heavy atom. The number of benzene rings is 1. The lowest BCUT2D eigenvalue weighted by atomic mass is 10.2. The molecule has 0 aliphatic carbocycles. The third-order valence-electron chi connectivity index (χ3n) is 2.49. The maximum absolute atomic E-state index is 12.2. The van der Waals surface area contributed by atoms with Gasteiger partial charge in [0.2, 0.25) is 0 Å². The number of hydrazine groups is 1. The first-order chi connectivity index (χ1) is 9.92. The molecule has 9 heteroatoms. The van der Waals surface area contributed by atoms with Gasteiger partial charge in [0.05, 0.1) is 26.3 Å². The van der Waals surface area contributed by atoms with Crippen LogP contribution in [0.4, 0.5) is 11.5 Å². The molecular weight excluding hydrogens is 402 g/mol. The number of nitrogens with two attached hydrogens (primary N) is 1. The van der Waals surface area contributed by atoms with Crippen molar-refractivity contribution in [3.63, 3.8) is 0 Å². The predicted octanol–water partition coefficient (Wildman–Crippen LogP) is 4.34. The summed E-state index contributed by atoms with van der Waals surface area (Å²) in [5, 5.41) is 3.45. The van der Waals surface area contributed by atoms with Gasteiger partial charge in [-0.15, -0.1) is 0 Å². The number of carbonyl (C=O) groups is 1. The standard InChI is InChI=1S/C12H8BrCl3N4O/c13-6-2-7(14)10(8(15)3-6)19-12(21)5-1-9(16)11(20-17)18-4-5/h1-4H,17H2,(H,18,20)(H,19,21). The van der Waals surface area contributed by atoms with Gasteiger partial charge in [0, 0.05) is 10.7 Å². The van der Waals surface area contributed by atoms with Crippen LogP contribution in [-0.2, 0) is 0 Å². The summed E-state index contributed by atoms with van der Waals surface area (Å²) in [6.07, 6.45) is 1.33. The number of hydrogen-bond acceptors (Lipinski definition) is 4. The van der Waals surface area contributed by atoms with E-state index in [1.54, 1.807) is 12.1 Å². The molecule has 0 bridgehead atoms. The van der Waals surface area contributed by atoms with Crippen LogP contribution in [-0.4, -0.2) is 10.9 Å². The highest BCUT2D eigenvalue weighted by molar-refractivity contribution is 9.10. The second kappa shape index (κ2) is 6.81. The Morgan fingerprint density at radius 1 is 1.14 bits per heavy atom. The summed E-state index contributed by atoms with van der Waals surface area (Å²) in [7, 11) is 0. The largest absolute Gasteiger partial charge is 0.319 e. The average Bonchev–Trinajstić information content (AvgIpc) is 2.42. The first-order valence-electron chi connectivity index (χ1n) is 5.50. The Bertz CT molecular complexity index is 688. The normalized spacial score (nSPS) is 10.3. The summed E-state index contributed by atoms with van der Waals surface area (Å²) in [4.78, 5) is 16.1. The van der Waals surface area contributed by atoms with Crippen molar-refractivity contribution in [1.29, 1.82) is 0 Å². The van der Waals surface area contributed by atoms with E-state index in [1.165, 1.54) is 12.3 Å². The lowest BCUT2D eigenvalue weighted by molar-refractivity contribution is 0.102. The van der Waals surface area contributed by atoms with Gasteiger partial charge in [0.15, 0.2) is 5.82 Å². The van der Waals surface area contributed by atoms with Crippen molar-refractivity contribution >= 4 is 68.1 Å². The highest BCUT2D eigenvalue weighted by Gasteiger charge is 2.14. The van der Waals surface area contributed by atoms with Crippen LogP contribution in [0, 0.1) is 0 Å². The topological polar surface area (TPSA) is 80.0 Å². The zero-order chi connectivity index (χ0) is 15.6. The minimum Gasteiger partial charge on any atom is -0.319 e. The van der Waals surface area contributed by atoms with E-state index in [0.717, 1.165) is 0 Å². The molecule has 0 saturated carbocycles. The van der Waals surface area contributed by atoms with Crippen LogP contribution in [0.5, 0.6) is 0 Å². The summed E-state index contributed by atoms with van der Waals surface area (Å²) in [6, 6.07) is 4.67. The fourth-order valence-electron chi connectivity index (χ4n) is 1.52. The smallest absolute Gasteiger partial charge is 0.257 e. The molecule has 0 fully saturated rings. The zero-order valence-corrected chi connectivity index (χ0v) is 14.1. The number of aromatic nitrogens is 1. The summed E-state index contributed by atoms with van der Waals surface area (Å²) in [5.41, 5.74) is 2.87. The third kappa shape index (κ3) is 3.78. The van der Waals surface area contributed by atoms with Gasteiger partial charge in [0.25, 0.3) is 5.91 Å². The minimum absolute atomic E-state index is 0.221. The van der Waals surface area contributed by atoms with E-state index in [4.69, 9.17) is 40.6 Å². The van der Waals surface area contributed by atoms with Crippen molar-refractivity contribution < 1.29 is 4.79 Å². The number of anilines is 2. The van der Waals surface area contributed by atoms with Crippen LogP contribution in [0.2, 0.25) is 15.1 Å². The quantitative estimate of drug-likeness (QED) is 0.519. The van der Waals surface area contributed by atoms with Crippen LogP contribution in [0.1, 0.15) is 10.4 Å². The van der Waals surface area contributed by atoms with E-state index < -0.39 is 5.91 Å². The van der Waals surface area contributed by atoms with Crippen molar-refractivity contribution in [2.75, 3.05) is 10.7 Å².